The second-order valence-corrected chi connectivity index (χ2v) is 8.03. The molecule has 0 aliphatic carbocycles. The zero-order valence-corrected chi connectivity index (χ0v) is 12.4. The number of piperidine rings is 1. The van der Waals surface area contributed by atoms with Gasteiger partial charge in [0.25, 0.3) is 0 Å². The highest BCUT2D eigenvalue weighted by Crippen LogP contribution is 2.31. The molecule has 2 N–H and O–H groups in total. The smallest absolute Gasteiger partial charge is 0.218 e. The number of hydrogen-bond acceptors (Lipinski definition) is 3. The number of rotatable bonds is 3. The summed E-state index contributed by atoms with van der Waals surface area (Å²) >= 11 is 0. The normalized spacial score (nSPS) is 20.3. The Balaban J connectivity index is 2.05. The van der Waals surface area contributed by atoms with Gasteiger partial charge in [-0.1, -0.05) is 26.0 Å². The Hall–Kier alpha value is -1.07. The Kier molecular flexibility index (Phi) is 3.87. The van der Waals surface area contributed by atoms with E-state index in [-0.39, 0.29) is 11.2 Å². The molecular formula is C14H22N2O2S. The molecule has 0 amide bonds. The maximum Gasteiger partial charge on any atom is 0.218 e. The van der Waals surface area contributed by atoms with Crippen LogP contribution in [0, 0.1) is 5.41 Å². The first-order valence-electron chi connectivity index (χ1n) is 6.61. The van der Waals surface area contributed by atoms with Gasteiger partial charge in [-0.2, -0.15) is 0 Å². The minimum Gasteiger partial charge on any atom is -0.399 e. The van der Waals surface area contributed by atoms with Crippen molar-refractivity contribution in [3.05, 3.63) is 29.8 Å². The molecule has 1 heterocycles. The predicted molar refractivity (Wildman–Crippen MR) is 78.1 cm³/mol. The van der Waals surface area contributed by atoms with Crippen molar-refractivity contribution < 1.29 is 8.42 Å². The van der Waals surface area contributed by atoms with Gasteiger partial charge in [0.1, 0.15) is 0 Å². The molecule has 4 nitrogen and oxygen atoms in total. The van der Waals surface area contributed by atoms with Crippen molar-refractivity contribution in [3.8, 4) is 0 Å². The second-order valence-electron chi connectivity index (χ2n) is 6.06. The van der Waals surface area contributed by atoms with Gasteiger partial charge in [0, 0.05) is 18.8 Å². The standard InChI is InChI=1S/C14H22N2O2S/c1-14(2)7-9-16(10-8-14)19(17,18)11-12-3-5-13(15)6-4-12/h3-6H,7-11,15H2,1-2H3. The molecule has 19 heavy (non-hydrogen) atoms. The van der Waals surface area contributed by atoms with E-state index in [1.54, 1.807) is 28.6 Å². The van der Waals surface area contributed by atoms with E-state index in [9.17, 15) is 8.42 Å². The topological polar surface area (TPSA) is 63.4 Å². The van der Waals surface area contributed by atoms with Gasteiger partial charge in [-0.15, -0.1) is 0 Å². The average Bonchev–Trinajstić information content (AvgIpc) is 2.31. The van der Waals surface area contributed by atoms with Crippen molar-refractivity contribution >= 4 is 15.7 Å². The zero-order chi connectivity index (χ0) is 14.1. The third kappa shape index (κ3) is 3.70. The number of sulfonamides is 1. The summed E-state index contributed by atoms with van der Waals surface area (Å²) < 4.78 is 26.3. The second kappa shape index (κ2) is 5.13. The largest absolute Gasteiger partial charge is 0.399 e. The fourth-order valence-corrected chi connectivity index (χ4v) is 3.82. The van der Waals surface area contributed by atoms with Gasteiger partial charge in [-0.05, 0) is 36.0 Å². The summed E-state index contributed by atoms with van der Waals surface area (Å²) in [7, 11) is -3.21. The van der Waals surface area contributed by atoms with Crippen LogP contribution in [0.4, 0.5) is 5.69 Å². The summed E-state index contributed by atoms with van der Waals surface area (Å²) in [5.41, 5.74) is 7.30. The first-order chi connectivity index (χ1) is 8.78. The summed E-state index contributed by atoms with van der Waals surface area (Å²) in [6.45, 7) is 5.64. The van der Waals surface area contributed by atoms with Gasteiger partial charge in [0.05, 0.1) is 5.75 Å². The van der Waals surface area contributed by atoms with Crippen molar-refractivity contribution in [3.63, 3.8) is 0 Å². The molecule has 1 aliphatic rings. The quantitative estimate of drug-likeness (QED) is 0.865. The van der Waals surface area contributed by atoms with Crippen molar-refractivity contribution in [1.82, 2.24) is 4.31 Å². The number of hydrogen-bond donors (Lipinski definition) is 1. The molecule has 2 rings (SSSR count). The van der Waals surface area contributed by atoms with Gasteiger partial charge in [0.15, 0.2) is 0 Å². The maximum absolute atomic E-state index is 12.3. The van der Waals surface area contributed by atoms with E-state index in [0.717, 1.165) is 18.4 Å². The lowest BCUT2D eigenvalue weighted by molar-refractivity contribution is 0.195. The van der Waals surface area contributed by atoms with Crippen molar-refractivity contribution in [2.75, 3.05) is 18.8 Å². The van der Waals surface area contributed by atoms with Gasteiger partial charge < -0.3 is 5.73 Å². The lowest BCUT2D eigenvalue weighted by atomic mass is 9.83. The molecule has 0 atom stereocenters. The van der Waals surface area contributed by atoms with E-state index in [4.69, 9.17) is 5.73 Å². The summed E-state index contributed by atoms with van der Waals surface area (Å²) in [5, 5.41) is 0. The van der Waals surface area contributed by atoms with E-state index >= 15 is 0 Å². The SMILES string of the molecule is CC1(C)CCN(S(=O)(=O)Cc2ccc(N)cc2)CC1. The van der Waals surface area contributed by atoms with Crippen molar-refractivity contribution in [2.45, 2.75) is 32.4 Å². The van der Waals surface area contributed by atoms with E-state index < -0.39 is 10.0 Å². The molecule has 0 radical (unpaired) electrons. The monoisotopic (exact) mass is 282 g/mol. The van der Waals surface area contributed by atoms with E-state index in [1.165, 1.54) is 0 Å². The highest BCUT2D eigenvalue weighted by atomic mass is 32.2. The average molecular weight is 282 g/mol. The van der Waals surface area contributed by atoms with E-state index in [2.05, 4.69) is 13.8 Å². The van der Waals surface area contributed by atoms with E-state index in [0.29, 0.717) is 18.8 Å². The Morgan fingerprint density at radius 1 is 1.16 bits per heavy atom. The van der Waals surface area contributed by atoms with Crippen LogP contribution < -0.4 is 5.73 Å². The summed E-state index contributed by atoms with van der Waals surface area (Å²) in [6.07, 6.45) is 1.85. The maximum atomic E-state index is 12.3. The molecule has 0 saturated carbocycles. The number of anilines is 1. The molecule has 0 unspecified atom stereocenters. The van der Waals surface area contributed by atoms with Gasteiger partial charge in [-0.25, -0.2) is 12.7 Å². The molecule has 0 bridgehead atoms. The highest BCUT2D eigenvalue weighted by Gasteiger charge is 2.31. The summed E-state index contributed by atoms with van der Waals surface area (Å²) in [4.78, 5) is 0. The lowest BCUT2D eigenvalue weighted by Gasteiger charge is -2.36. The van der Waals surface area contributed by atoms with Crippen LogP contribution in [0.5, 0.6) is 0 Å². The molecule has 0 spiro atoms. The Morgan fingerprint density at radius 2 is 1.68 bits per heavy atom. The third-order valence-corrected chi connectivity index (χ3v) is 5.65. The molecule has 106 valence electrons. The Bertz CT molecular complexity index is 525. The van der Waals surface area contributed by atoms with Crippen LogP contribution >= 0.6 is 0 Å². The molecule has 5 heteroatoms. The molecular weight excluding hydrogens is 260 g/mol. The first-order valence-corrected chi connectivity index (χ1v) is 8.22. The highest BCUT2D eigenvalue weighted by molar-refractivity contribution is 7.88. The third-order valence-electron chi connectivity index (χ3n) is 3.80. The molecule has 1 aromatic carbocycles. The van der Waals surface area contributed by atoms with Crippen LogP contribution in [-0.4, -0.2) is 25.8 Å². The summed E-state index contributed by atoms with van der Waals surface area (Å²) in [6, 6.07) is 7.04. The van der Waals surface area contributed by atoms with Gasteiger partial charge in [0.2, 0.25) is 10.0 Å². The first kappa shape index (κ1) is 14.3. The fourth-order valence-electron chi connectivity index (χ4n) is 2.29. The van der Waals surface area contributed by atoms with Crippen LogP contribution in [0.3, 0.4) is 0 Å². The lowest BCUT2D eigenvalue weighted by Crippen LogP contribution is -2.41. The minimum atomic E-state index is -3.21. The summed E-state index contributed by atoms with van der Waals surface area (Å²) in [5.74, 6) is 0.0632. The molecule has 1 aromatic rings. The van der Waals surface area contributed by atoms with Crippen LogP contribution in [0.1, 0.15) is 32.3 Å². The molecule has 1 fully saturated rings. The number of benzene rings is 1. The van der Waals surface area contributed by atoms with Crippen LogP contribution in [0.25, 0.3) is 0 Å². The van der Waals surface area contributed by atoms with Crippen molar-refractivity contribution in [1.29, 1.82) is 0 Å². The molecule has 0 aromatic heterocycles. The number of nitrogens with zero attached hydrogens (tertiary/aromatic N) is 1. The van der Waals surface area contributed by atoms with Crippen LogP contribution in [0.2, 0.25) is 0 Å². The molecule has 1 saturated heterocycles. The Morgan fingerprint density at radius 3 is 2.21 bits per heavy atom. The number of nitrogen functional groups attached to an aromatic ring is 1. The fraction of sp³-hybridized carbons (Fsp3) is 0.571. The number of nitrogens with two attached hydrogens (primary N) is 1. The minimum absolute atomic E-state index is 0.0632. The van der Waals surface area contributed by atoms with Gasteiger partial charge >= 0.3 is 0 Å². The Labute approximate surface area is 115 Å². The van der Waals surface area contributed by atoms with Gasteiger partial charge in [-0.3, -0.25) is 0 Å². The van der Waals surface area contributed by atoms with Crippen molar-refractivity contribution in [2.24, 2.45) is 5.41 Å². The van der Waals surface area contributed by atoms with Crippen LogP contribution in [-0.2, 0) is 15.8 Å². The predicted octanol–water partition coefficient (Wildman–Crippen LogP) is 2.22. The van der Waals surface area contributed by atoms with Crippen LogP contribution in [0.15, 0.2) is 24.3 Å². The zero-order valence-electron chi connectivity index (χ0n) is 11.6. The van der Waals surface area contributed by atoms with E-state index in [1.807, 2.05) is 0 Å². The molecule has 1 aliphatic heterocycles.